The number of hydrogen-bond donors (Lipinski definition) is 3. The van der Waals surface area contributed by atoms with Crippen molar-refractivity contribution in [2.75, 3.05) is 5.32 Å². The maximum Gasteiger partial charge on any atom is 0.247 e. The van der Waals surface area contributed by atoms with E-state index in [9.17, 15) is 9.18 Å². The van der Waals surface area contributed by atoms with Crippen LogP contribution in [-0.4, -0.2) is 17.2 Å². The van der Waals surface area contributed by atoms with Crippen LogP contribution >= 0.6 is 0 Å². The van der Waals surface area contributed by atoms with Gasteiger partial charge < -0.3 is 25.8 Å². The van der Waals surface area contributed by atoms with Gasteiger partial charge in [0.1, 0.15) is 11.4 Å². The Labute approximate surface area is 189 Å². The molecule has 0 bridgehead atoms. The van der Waals surface area contributed by atoms with Crippen molar-refractivity contribution < 1.29 is 18.7 Å². The van der Waals surface area contributed by atoms with Gasteiger partial charge in [0.15, 0.2) is 11.6 Å². The summed E-state index contributed by atoms with van der Waals surface area (Å²) in [6, 6.07) is 16.6. The minimum atomic E-state index is -1.21. The molecule has 0 saturated carbocycles. The van der Waals surface area contributed by atoms with E-state index >= 15 is 0 Å². The Hall–Kier alpha value is -4.50. The molecule has 1 unspecified atom stereocenters. The number of benzene rings is 2. The number of pyridine rings is 1. The number of para-hydroxylation sites is 1. The van der Waals surface area contributed by atoms with E-state index in [4.69, 9.17) is 15.2 Å². The molecule has 0 aliphatic carbocycles. The monoisotopic (exact) mass is 445 g/mol. The van der Waals surface area contributed by atoms with E-state index in [0.29, 0.717) is 22.9 Å². The summed E-state index contributed by atoms with van der Waals surface area (Å²) in [5.41, 5.74) is 6.21. The Morgan fingerprint density at radius 1 is 1.15 bits per heavy atom. The molecule has 3 aromatic rings. The van der Waals surface area contributed by atoms with Crippen molar-refractivity contribution >= 4 is 17.9 Å². The predicted octanol–water partition coefficient (Wildman–Crippen LogP) is 3.80. The number of hydrogen-bond acceptors (Lipinski definition) is 7. The first kappa shape index (κ1) is 21.7. The van der Waals surface area contributed by atoms with Crippen LogP contribution in [0.4, 0.5) is 10.1 Å². The Morgan fingerprint density at radius 3 is 2.70 bits per heavy atom. The highest BCUT2D eigenvalue weighted by atomic mass is 19.1. The lowest BCUT2D eigenvalue weighted by atomic mass is 10.0. The highest BCUT2D eigenvalue weighted by Gasteiger charge is 2.28. The maximum absolute atomic E-state index is 14.3. The van der Waals surface area contributed by atoms with Crippen molar-refractivity contribution in [3.05, 3.63) is 103 Å². The van der Waals surface area contributed by atoms with Gasteiger partial charge >= 0.3 is 0 Å². The minimum Gasteiger partial charge on any atom is -0.439 e. The molecule has 1 aliphatic rings. The first-order chi connectivity index (χ1) is 15.9. The second-order valence-corrected chi connectivity index (χ2v) is 6.99. The molecular formula is C24H20FN5O3. The van der Waals surface area contributed by atoms with Crippen LogP contribution in [-0.2, 0) is 10.5 Å². The number of carbonyl (C=O) groups excluding carboxylic acids is 1. The molecule has 166 valence electrons. The SMILES string of the molecule is C=CC(=O)Nc1ccc(F)c(OC2=CC(N)(c3ccc(Oc4ccccc4)nc3)NC=N2)c1. The Balaban J connectivity index is 1.52. The summed E-state index contributed by atoms with van der Waals surface area (Å²) in [6.45, 7) is 3.38. The summed E-state index contributed by atoms with van der Waals surface area (Å²) in [5, 5.41) is 5.49. The number of nitrogens with two attached hydrogens (primary N) is 1. The van der Waals surface area contributed by atoms with Gasteiger partial charge in [-0.05, 0) is 36.4 Å². The molecule has 8 nitrogen and oxygen atoms in total. The lowest BCUT2D eigenvalue weighted by molar-refractivity contribution is -0.111. The van der Waals surface area contributed by atoms with E-state index in [2.05, 4.69) is 27.2 Å². The molecule has 1 amide bonds. The van der Waals surface area contributed by atoms with Gasteiger partial charge in [-0.15, -0.1) is 0 Å². The molecule has 0 spiro atoms. The number of rotatable bonds is 7. The van der Waals surface area contributed by atoms with Gasteiger partial charge in [-0.1, -0.05) is 24.8 Å². The molecule has 4 N–H and O–H groups in total. The number of anilines is 1. The zero-order valence-electron chi connectivity index (χ0n) is 17.4. The van der Waals surface area contributed by atoms with E-state index < -0.39 is 17.4 Å². The number of nitrogens with zero attached hydrogens (tertiary/aromatic N) is 2. The number of nitrogens with one attached hydrogen (secondary N) is 2. The van der Waals surface area contributed by atoms with E-state index in [1.807, 2.05) is 30.3 Å². The number of amides is 1. The highest BCUT2D eigenvalue weighted by Crippen LogP contribution is 2.28. The molecule has 9 heteroatoms. The summed E-state index contributed by atoms with van der Waals surface area (Å²) in [6.07, 6.45) is 5.52. The molecule has 4 rings (SSSR count). The molecule has 0 radical (unpaired) electrons. The van der Waals surface area contributed by atoms with Crippen molar-refractivity contribution in [3.8, 4) is 17.4 Å². The van der Waals surface area contributed by atoms with Crippen molar-refractivity contribution in [1.29, 1.82) is 0 Å². The Morgan fingerprint density at radius 2 is 1.97 bits per heavy atom. The zero-order valence-corrected chi connectivity index (χ0v) is 17.4. The fourth-order valence-electron chi connectivity index (χ4n) is 2.96. The molecule has 1 atom stereocenters. The lowest BCUT2D eigenvalue weighted by Crippen LogP contribution is -2.50. The minimum absolute atomic E-state index is 0.0620. The predicted molar refractivity (Wildman–Crippen MR) is 122 cm³/mol. The molecule has 1 aliphatic heterocycles. The molecule has 2 heterocycles. The summed E-state index contributed by atoms with van der Waals surface area (Å²) in [7, 11) is 0. The van der Waals surface area contributed by atoms with Crippen LogP contribution in [0.1, 0.15) is 5.56 Å². The smallest absolute Gasteiger partial charge is 0.247 e. The van der Waals surface area contributed by atoms with E-state index in [-0.39, 0.29) is 11.6 Å². The van der Waals surface area contributed by atoms with Gasteiger partial charge in [0.05, 0.1) is 6.34 Å². The van der Waals surface area contributed by atoms with Crippen LogP contribution in [0.5, 0.6) is 17.4 Å². The molecule has 33 heavy (non-hydrogen) atoms. The van der Waals surface area contributed by atoms with Crippen molar-refractivity contribution in [1.82, 2.24) is 10.3 Å². The van der Waals surface area contributed by atoms with Crippen LogP contribution < -0.4 is 25.8 Å². The number of halogens is 1. The van der Waals surface area contributed by atoms with Crippen LogP contribution in [0, 0.1) is 5.82 Å². The quantitative estimate of drug-likeness (QED) is 0.477. The third-order valence-corrected chi connectivity index (χ3v) is 4.62. The number of aliphatic imine (C=N–C) groups is 1. The first-order valence-corrected chi connectivity index (χ1v) is 9.87. The van der Waals surface area contributed by atoms with Gasteiger partial charge in [0.2, 0.25) is 17.7 Å². The van der Waals surface area contributed by atoms with E-state index in [1.165, 1.54) is 30.6 Å². The van der Waals surface area contributed by atoms with Crippen molar-refractivity contribution in [2.45, 2.75) is 5.66 Å². The fraction of sp³-hybridized carbons (Fsp3) is 0.0417. The zero-order chi connectivity index (χ0) is 23.3. The lowest BCUT2D eigenvalue weighted by Gasteiger charge is -2.29. The van der Waals surface area contributed by atoms with Gasteiger partial charge in [-0.2, -0.15) is 0 Å². The molecule has 2 aromatic carbocycles. The molecule has 0 saturated heterocycles. The van der Waals surface area contributed by atoms with Gasteiger partial charge in [-0.3, -0.25) is 4.79 Å². The Bertz CT molecular complexity index is 1230. The number of ether oxygens (including phenoxy) is 2. The van der Waals surface area contributed by atoms with Crippen LogP contribution in [0.15, 0.2) is 96.5 Å². The van der Waals surface area contributed by atoms with Crippen LogP contribution in [0.25, 0.3) is 0 Å². The first-order valence-electron chi connectivity index (χ1n) is 9.87. The second-order valence-electron chi connectivity index (χ2n) is 6.99. The van der Waals surface area contributed by atoms with Crippen molar-refractivity contribution in [2.24, 2.45) is 10.7 Å². The average molecular weight is 445 g/mol. The molecule has 1 aromatic heterocycles. The Kier molecular flexibility index (Phi) is 6.14. The fourth-order valence-corrected chi connectivity index (χ4v) is 2.96. The molecular weight excluding hydrogens is 425 g/mol. The summed E-state index contributed by atoms with van der Waals surface area (Å²) < 4.78 is 25.6. The van der Waals surface area contributed by atoms with Gasteiger partial charge in [0, 0.05) is 35.7 Å². The van der Waals surface area contributed by atoms with Gasteiger partial charge in [-0.25, -0.2) is 14.4 Å². The third kappa shape index (κ3) is 5.23. The van der Waals surface area contributed by atoms with Gasteiger partial charge in [0.25, 0.3) is 0 Å². The van der Waals surface area contributed by atoms with E-state index in [1.54, 1.807) is 18.3 Å². The summed E-state index contributed by atoms with van der Waals surface area (Å²) in [5.74, 6) is -0.0693. The topological polar surface area (TPSA) is 111 Å². The maximum atomic E-state index is 14.3. The summed E-state index contributed by atoms with van der Waals surface area (Å²) in [4.78, 5) is 19.9. The third-order valence-electron chi connectivity index (χ3n) is 4.62. The van der Waals surface area contributed by atoms with Crippen LogP contribution in [0.2, 0.25) is 0 Å². The standard InChI is InChI=1S/C24H20FN5O3/c1-2-21(31)30-17-9-10-19(25)20(12-17)33-23-13-24(26,29-15-28-23)16-8-11-22(27-14-16)32-18-6-4-3-5-7-18/h2-15H,1,26H2,(H,28,29)(H,30,31). The normalized spacial score (nSPS) is 16.8. The largest absolute Gasteiger partial charge is 0.439 e. The summed E-state index contributed by atoms with van der Waals surface area (Å²) >= 11 is 0. The second kappa shape index (κ2) is 9.33. The van der Waals surface area contributed by atoms with E-state index in [0.717, 1.165) is 6.08 Å². The number of aromatic nitrogens is 1. The average Bonchev–Trinajstić information content (AvgIpc) is 2.82. The number of carbonyl (C=O) groups is 1. The highest BCUT2D eigenvalue weighted by molar-refractivity contribution is 5.98. The van der Waals surface area contributed by atoms with Crippen LogP contribution in [0.3, 0.4) is 0 Å². The molecule has 0 fully saturated rings. The van der Waals surface area contributed by atoms with Crippen molar-refractivity contribution in [3.63, 3.8) is 0 Å².